The van der Waals surface area contributed by atoms with Crippen LogP contribution in [0.3, 0.4) is 0 Å². The zero-order valence-electron chi connectivity index (χ0n) is 12.9. The molecule has 5 atom stereocenters. The van der Waals surface area contributed by atoms with Gasteiger partial charge in [-0.25, -0.2) is 0 Å². The van der Waals surface area contributed by atoms with E-state index in [-0.39, 0.29) is 0 Å². The smallest absolute Gasteiger partial charge is 0.00853 e. The Morgan fingerprint density at radius 1 is 0.947 bits per heavy atom. The summed E-state index contributed by atoms with van der Waals surface area (Å²) in [6, 6.07) is 0. The molecule has 0 aromatic carbocycles. The number of fused-ring (bicyclic) bond motifs is 5. The molecule has 5 unspecified atom stereocenters. The molecule has 106 valence electrons. The predicted molar refractivity (Wildman–Crippen MR) is 80.9 cm³/mol. The van der Waals surface area contributed by atoms with Crippen LogP contribution in [0.15, 0.2) is 11.6 Å². The molecule has 0 heterocycles. The molecule has 0 spiro atoms. The van der Waals surface area contributed by atoms with Crippen molar-refractivity contribution in [2.24, 2.45) is 28.6 Å². The summed E-state index contributed by atoms with van der Waals surface area (Å²) in [6.45, 7) is 5.25. The van der Waals surface area contributed by atoms with E-state index < -0.39 is 0 Å². The molecule has 19 heavy (non-hydrogen) atoms. The molecule has 3 fully saturated rings. The molecule has 0 aromatic heterocycles. The lowest BCUT2D eigenvalue weighted by molar-refractivity contribution is -0.0360. The zero-order valence-corrected chi connectivity index (χ0v) is 12.9. The fourth-order valence-corrected chi connectivity index (χ4v) is 6.75. The van der Waals surface area contributed by atoms with Crippen molar-refractivity contribution in [3.8, 4) is 0 Å². The van der Waals surface area contributed by atoms with E-state index in [2.05, 4.69) is 19.9 Å². The second kappa shape index (κ2) is 4.12. The van der Waals surface area contributed by atoms with E-state index in [0.29, 0.717) is 5.41 Å². The molecule has 4 aliphatic rings. The highest BCUT2D eigenvalue weighted by Gasteiger charge is 2.55. The van der Waals surface area contributed by atoms with Crippen molar-refractivity contribution < 1.29 is 0 Å². The van der Waals surface area contributed by atoms with E-state index in [9.17, 15) is 0 Å². The third kappa shape index (κ3) is 1.64. The molecule has 0 heteroatoms. The molecule has 0 N–H and O–H groups in total. The highest BCUT2D eigenvalue weighted by Crippen LogP contribution is 2.65. The van der Waals surface area contributed by atoms with Crippen molar-refractivity contribution >= 4 is 0 Å². The van der Waals surface area contributed by atoms with Gasteiger partial charge in [0.15, 0.2) is 0 Å². The van der Waals surface area contributed by atoms with Crippen molar-refractivity contribution in [3.63, 3.8) is 0 Å². The van der Waals surface area contributed by atoms with Gasteiger partial charge in [-0.05, 0) is 86.4 Å². The monoisotopic (exact) mass is 258 g/mol. The van der Waals surface area contributed by atoms with Crippen LogP contribution in [-0.4, -0.2) is 0 Å². The summed E-state index contributed by atoms with van der Waals surface area (Å²) in [5, 5.41) is 0. The van der Waals surface area contributed by atoms with Gasteiger partial charge < -0.3 is 0 Å². The van der Waals surface area contributed by atoms with Crippen molar-refractivity contribution in [2.75, 3.05) is 0 Å². The highest BCUT2D eigenvalue weighted by molar-refractivity contribution is 5.23. The molecule has 3 saturated carbocycles. The van der Waals surface area contributed by atoms with Crippen LogP contribution < -0.4 is 0 Å². The molecule has 0 nitrogen and oxygen atoms in total. The first-order valence-corrected chi connectivity index (χ1v) is 8.83. The lowest BCUT2D eigenvalue weighted by atomic mass is 9.47. The average molecular weight is 258 g/mol. The van der Waals surface area contributed by atoms with Gasteiger partial charge in [0.1, 0.15) is 0 Å². The first kappa shape index (κ1) is 12.5. The SMILES string of the molecule is CC12CCCC1C1CCC3=CCCCC3(C)C1CC2. The predicted octanol–water partition coefficient (Wildman–Crippen LogP) is 5.73. The Hall–Kier alpha value is -0.260. The van der Waals surface area contributed by atoms with Gasteiger partial charge in [-0.2, -0.15) is 0 Å². The number of hydrogen-bond acceptors (Lipinski definition) is 0. The second-order valence-electron chi connectivity index (χ2n) is 8.54. The van der Waals surface area contributed by atoms with Crippen LogP contribution in [0, 0.1) is 28.6 Å². The molecule has 0 aromatic rings. The third-order valence-electron chi connectivity index (χ3n) is 7.81. The first-order valence-electron chi connectivity index (χ1n) is 8.83. The molecule has 0 radical (unpaired) electrons. The van der Waals surface area contributed by atoms with Gasteiger partial charge in [0.2, 0.25) is 0 Å². The Morgan fingerprint density at radius 2 is 1.84 bits per heavy atom. The summed E-state index contributed by atoms with van der Waals surface area (Å²) in [4.78, 5) is 0. The number of hydrogen-bond donors (Lipinski definition) is 0. The lowest BCUT2D eigenvalue weighted by Gasteiger charge is -2.57. The van der Waals surface area contributed by atoms with Crippen LogP contribution in [0.25, 0.3) is 0 Å². The molecule has 4 aliphatic carbocycles. The van der Waals surface area contributed by atoms with Gasteiger partial charge in [-0.3, -0.25) is 0 Å². The van der Waals surface area contributed by atoms with Crippen LogP contribution in [0.4, 0.5) is 0 Å². The van der Waals surface area contributed by atoms with Gasteiger partial charge in [-0.15, -0.1) is 0 Å². The van der Waals surface area contributed by atoms with Gasteiger partial charge in [0.25, 0.3) is 0 Å². The molecule has 0 aliphatic heterocycles. The van der Waals surface area contributed by atoms with E-state index in [1.165, 1.54) is 57.8 Å². The summed E-state index contributed by atoms with van der Waals surface area (Å²) in [5.74, 6) is 3.18. The second-order valence-corrected chi connectivity index (χ2v) is 8.54. The van der Waals surface area contributed by atoms with Crippen molar-refractivity contribution in [3.05, 3.63) is 11.6 Å². The van der Waals surface area contributed by atoms with Gasteiger partial charge >= 0.3 is 0 Å². The van der Waals surface area contributed by atoms with Gasteiger partial charge in [-0.1, -0.05) is 31.9 Å². The Bertz CT molecular complexity index is 406. The fourth-order valence-electron chi connectivity index (χ4n) is 6.75. The minimum Gasteiger partial charge on any atom is -0.0848 e. The minimum atomic E-state index is 0.602. The summed E-state index contributed by atoms with van der Waals surface area (Å²) < 4.78 is 0. The first-order chi connectivity index (χ1) is 9.13. The quantitative estimate of drug-likeness (QED) is 0.487. The lowest BCUT2D eigenvalue weighted by Crippen LogP contribution is -2.48. The van der Waals surface area contributed by atoms with E-state index in [1.807, 2.05) is 5.57 Å². The Balaban J connectivity index is 1.69. The summed E-state index contributed by atoms with van der Waals surface area (Å²) >= 11 is 0. The maximum absolute atomic E-state index is 2.63. The maximum Gasteiger partial charge on any atom is -0.00853 e. The van der Waals surface area contributed by atoms with Crippen LogP contribution in [0.5, 0.6) is 0 Å². The van der Waals surface area contributed by atoms with E-state index >= 15 is 0 Å². The molecular weight excluding hydrogens is 228 g/mol. The Kier molecular flexibility index (Phi) is 2.71. The van der Waals surface area contributed by atoms with E-state index in [0.717, 1.165) is 23.2 Å². The van der Waals surface area contributed by atoms with Gasteiger partial charge in [0, 0.05) is 0 Å². The molecular formula is C19H30. The molecule has 0 saturated heterocycles. The number of rotatable bonds is 0. The molecule has 0 bridgehead atoms. The van der Waals surface area contributed by atoms with Crippen LogP contribution in [0.2, 0.25) is 0 Å². The summed E-state index contributed by atoms with van der Waals surface area (Å²) in [7, 11) is 0. The van der Waals surface area contributed by atoms with E-state index in [1.54, 1.807) is 6.42 Å². The van der Waals surface area contributed by atoms with Crippen molar-refractivity contribution in [1.82, 2.24) is 0 Å². The minimum absolute atomic E-state index is 0.602. The average Bonchev–Trinajstić information content (AvgIpc) is 2.79. The molecule has 4 rings (SSSR count). The van der Waals surface area contributed by atoms with E-state index in [4.69, 9.17) is 0 Å². The number of allylic oxidation sites excluding steroid dienone is 2. The summed E-state index contributed by atoms with van der Waals surface area (Å²) in [6.07, 6.45) is 17.5. The Labute approximate surface area is 119 Å². The topological polar surface area (TPSA) is 0 Å². The van der Waals surface area contributed by atoms with Crippen LogP contribution in [0.1, 0.15) is 78.1 Å². The third-order valence-corrected chi connectivity index (χ3v) is 7.81. The zero-order chi connectivity index (χ0) is 13.1. The van der Waals surface area contributed by atoms with Crippen LogP contribution in [-0.2, 0) is 0 Å². The van der Waals surface area contributed by atoms with Crippen LogP contribution >= 0.6 is 0 Å². The highest BCUT2D eigenvalue weighted by atomic mass is 14.6. The van der Waals surface area contributed by atoms with Gasteiger partial charge in [0.05, 0.1) is 0 Å². The summed E-state index contributed by atoms with van der Waals surface area (Å²) in [5.41, 5.74) is 3.19. The van der Waals surface area contributed by atoms with Crippen molar-refractivity contribution in [1.29, 1.82) is 0 Å². The normalized spacial score (nSPS) is 52.9. The standard InChI is InChI=1S/C19H30/c1-18-11-5-7-16(18)15-9-8-14-6-3-4-12-19(14,2)17(15)10-13-18/h6,15-17H,3-5,7-13H2,1-2H3. The van der Waals surface area contributed by atoms with Crippen molar-refractivity contribution in [2.45, 2.75) is 78.1 Å². The molecule has 0 amide bonds. The maximum atomic E-state index is 2.63. The largest absolute Gasteiger partial charge is 0.0848 e. The fraction of sp³-hybridized carbons (Fsp3) is 0.895. The Morgan fingerprint density at radius 3 is 2.74 bits per heavy atom.